The Morgan fingerprint density at radius 2 is 1.86 bits per heavy atom. The van der Waals surface area contributed by atoms with Gasteiger partial charge in [-0.25, -0.2) is 8.42 Å². The van der Waals surface area contributed by atoms with Crippen molar-refractivity contribution < 1.29 is 27.5 Å². The number of hydrogen-bond donors (Lipinski definition) is 0. The number of sulfonamides is 1. The van der Waals surface area contributed by atoms with Crippen LogP contribution >= 0.6 is 11.6 Å². The minimum absolute atomic E-state index is 0.0118. The Balaban J connectivity index is 1.98. The number of likely N-dealkylation sites (N-methyl/N-ethyl adjacent to an activating group) is 1. The molecule has 1 fully saturated rings. The van der Waals surface area contributed by atoms with Crippen LogP contribution in [0.4, 0.5) is 0 Å². The second kappa shape index (κ2) is 10.3. The van der Waals surface area contributed by atoms with E-state index in [1.54, 1.807) is 18.7 Å². The highest BCUT2D eigenvalue weighted by Gasteiger charge is 2.30. The van der Waals surface area contributed by atoms with Crippen molar-refractivity contribution in [1.82, 2.24) is 9.21 Å². The van der Waals surface area contributed by atoms with E-state index in [4.69, 9.17) is 21.1 Å². The van der Waals surface area contributed by atoms with E-state index in [2.05, 4.69) is 0 Å². The van der Waals surface area contributed by atoms with Crippen LogP contribution in [0.1, 0.15) is 26.7 Å². The van der Waals surface area contributed by atoms with Crippen LogP contribution < -0.4 is 4.74 Å². The lowest BCUT2D eigenvalue weighted by Crippen LogP contribution is -2.45. The Kier molecular flexibility index (Phi) is 8.30. The van der Waals surface area contributed by atoms with Crippen molar-refractivity contribution in [3.63, 3.8) is 0 Å². The number of nitrogens with zero attached hydrogens (tertiary/aromatic N) is 2. The van der Waals surface area contributed by atoms with Crippen molar-refractivity contribution in [3.05, 3.63) is 23.2 Å². The number of esters is 1. The van der Waals surface area contributed by atoms with E-state index in [0.717, 1.165) is 4.31 Å². The summed E-state index contributed by atoms with van der Waals surface area (Å²) in [6, 6.07) is 4.21. The minimum atomic E-state index is -3.89. The van der Waals surface area contributed by atoms with Crippen molar-refractivity contribution in [3.8, 4) is 5.75 Å². The summed E-state index contributed by atoms with van der Waals surface area (Å²) in [4.78, 5) is 25.9. The lowest BCUT2D eigenvalue weighted by Gasteiger charge is -2.32. The molecule has 0 aliphatic carbocycles. The second-order valence-electron chi connectivity index (χ2n) is 6.69. The van der Waals surface area contributed by atoms with Gasteiger partial charge in [-0.3, -0.25) is 9.59 Å². The molecule has 0 spiro atoms. The van der Waals surface area contributed by atoms with Gasteiger partial charge in [0.2, 0.25) is 15.9 Å². The van der Waals surface area contributed by atoms with E-state index in [1.807, 2.05) is 0 Å². The fraction of sp³-hybridized carbons (Fsp3) is 0.579. The van der Waals surface area contributed by atoms with Gasteiger partial charge in [0.25, 0.3) is 0 Å². The predicted molar refractivity (Wildman–Crippen MR) is 108 cm³/mol. The topological polar surface area (TPSA) is 93.2 Å². The summed E-state index contributed by atoms with van der Waals surface area (Å²) >= 11 is 6.09. The molecule has 0 radical (unpaired) electrons. The first kappa shape index (κ1) is 23.4. The van der Waals surface area contributed by atoms with E-state index in [0.29, 0.717) is 44.9 Å². The molecule has 1 amide bonds. The van der Waals surface area contributed by atoms with Crippen LogP contribution in [0.3, 0.4) is 0 Å². The fourth-order valence-electron chi connectivity index (χ4n) is 3.09. The Bertz CT molecular complexity index is 837. The molecule has 1 aliphatic heterocycles. The summed E-state index contributed by atoms with van der Waals surface area (Å²) in [7, 11) is -2.54. The molecule has 0 bridgehead atoms. The van der Waals surface area contributed by atoms with Gasteiger partial charge in [-0.15, -0.1) is 0 Å². The summed E-state index contributed by atoms with van der Waals surface area (Å²) in [6.07, 6.45) is 1.02. The van der Waals surface area contributed by atoms with Crippen LogP contribution in [-0.2, 0) is 24.3 Å². The molecule has 1 aromatic rings. The van der Waals surface area contributed by atoms with Gasteiger partial charge in [-0.1, -0.05) is 11.6 Å². The highest BCUT2D eigenvalue weighted by molar-refractivity contribution is 7.89. The quantitative estimate of drug-likeness (QED) is 0.568. The first-order chi connectivity index (χ1) is 13.7. The lowest BCUT2D eigenvalue weighted by molar-refractivity contribution is -0.151. The number of halogens is 1. The average Bonchev–Trinajstić information content (AvgIpc) is 2.69. The highest BCUT2D eigenvalue weighted by atomic mass is 35.5. The number of ether oxygens (including phenoxy) is 2. The summed E-state index contributed by atoms with van der Waals surface area (Å²) in [6.45, 7) is 4.79. The Labute approximate surface area is 176 Å². The number of rotatable bonds is 8. The molecule has 0 saturated carbocycles. The molecule has 1 heterocycles. The zero-order valence-electron chi connectivity index (χ0n) is 16.9. The highest BCUT2D eigenvalue weighted by Crippen LogP contribution is 2.28. The number of carbonyl (C=O) groups is 2. The molecule has 0 N–H and O–H groups in total. The Morgan fingerprint density at radius 3 is 2.41 bits per heavy atom. The van der Waals surface area contributed by atoms with Crippen molar-refractivity contribution in [2.75, 3.05) is 39.9 Å². The summed E-state index contributed by atoms with van der Waals surface area (Å²) in [5, 5.41) is 0.189. The summed E-state index contributed by atoms with van der Waals surface area (Å²) in [5.41, 5.74) is 0. The van der Waals surface area contributed by atoms with E-state index >= 15 is 0 Å². The molecule has 0 aromatic heterocycles. The Morgan fingerprint density at radius 1 is 1.21 bits per heavy atom. The molecule has 0 atom stereocenters. The van der Waals surface area contributed by atoms with Gasteiger partial charge in [-0.2, -0.15) is 4.31 Å². The van der Waals surface area contributed by atoms with Gasteiger partial charge < -0.3 is 14.4 Å². The van der Waals surface area contributed by atoms with Crippen LogP contribution in [0.15, 0.2) is 23.1 Å². The van der Waals surface area contributed by atoms with Crippen molar-refractivity contribution in [1.29, 1.82) is 0 Å². The van der Waals surface area contributed by atoms with Gasteiger partial charge in [0.15, 0.2) is 0 Å². The molecule has 10 heteroatoms. The van der Waals surface area contributed by atoms with E-state index < -0.39 is 10.0 Å². The molecule has 8 nitrogen and oxygen atoms in total. The third kappa shape index (κ3) is 5.83. The zero-order chi connectivity index (χ0) is 21.6. The number of benzene rings is 1. The molecule has 2 rings (SSSR count). The monoisotopic (exact) mass is 446 g/mol. The third-order valence-electron chi connectivity index (χ3n) is 4.74. The third-order valence-corrected chi connectivity index (χ3v) is 6.83. The lowest BCUT2D eigenvalue weighted by atomic mass is 9.97. The minimum Gasteiger partial charge on any atom is -0.492 e. The first-order valence-electron chi connectivity index (χ1n) is 9.53. The van der Waals surface area contributed by atoms with Crippen molar-refractivity contribution in [2.45, 2.75) is 31.6 Å². The number of piperidine rings is 1. The van der Waals surface area contributed by atoms with Crippen LogP contribution in [0.25, 0.3) is 0 Å². The molecular formula is C19H27ClN2O6S. The molecule has 0 unspecified atom stereocenters. The molecule has 1 aromatic carbocycles. The van der Waals surface area contributed by atoms with E-state index in [-0.39, 0.29) is 34.3 Å². The fourth-order valence-corrected chi connectivity index (χ4v) is 4.54. The standard InChI is InChI=1S/C19H27ClN2O6S/c1-4-27-17-7-6-15(12-16(17)20)29(25,26)21(3)13-18(23)22-10-8-14(9-11-22)19(24)28-5-2/h6-7,12,14H,4-5,8-11,13H2,1-3H3. The second-order valence-corrected chi connectivity index (χ2v) is 9.15. The average molecular weight is 447 g/mol. The maximum absolute atomic E-state index is 12.8. The Hall–Kier alpha value is -1.84. The van der Waals surface area contributed by atoms with Crippen molar-refractivity contribution in [2.24, 2.45) is 5.92 Å². The first-order valence-corrected chi connectivity index (χ1v) is 11.4. The molecular weight excluding hydrogens is 420 g/mol. The molecule has 29 heavy (non-hydrogen) atoms. The van der Waals surface area contributed by atoms with E-state index in [9.17, 15) is 18.0 Å². The number of likely N-dealkylation sites (tertiary alicyclic amines) is 1. The van der Waals surface area contributed by atoms with Gasteiger partial charge in [0.1, 0.15) is 5.75 Å². The van der Waals surface area contributed by atoms with Crippen molar-refractivity contribution >= 4 is 33.5 Å². The van der Waals surface area contributed by atoms with Gasteiger partial charge in [0.05, 0.1) is 35.6 Å². The van der Waals surface area contributed by atoms with Crippen LogP contribution in [0, 0.1) is 5.92 Å². The van der Waals surface area contributed by atoms with Crippen LogP contribution in [0.5, 0.6) is 5.75 Å². The largest absolute Gasteiger partial charge is 0.492 e. The molecule has 1 aliphatic rings. The summed E-state index contributed by atoms with van der Waals surface area (Å²) in [5.74, 6) is -0.370. The predicted octanol–water partition coefficient (Wildman–Crippen LogP) is 2.16. The van der Waals surface area contributed by atoms with Gasteiger partial charge >= 0.3 is 5.97 Å². The van der Waals surface area contributed by atoms with E-state index in [1.165, 1.54) is 25.2 Å². The normalized spacial score (nSPS) is 15.4. The molecule has 162 valence electrons. The van der Waals surface area contributed by atoms with Crippen LogP contribution in [0.2, 0.25) is 5.02 Å². The maximum atomic E-state index is 12.8. The smallest absolute Gasteiger partial charge is 0.309 e. The molecule has 1 saturated heterocycles. The van der Waals surface area contributed by atoms with Gasteiger partial charge in [-0.05, 0) is 44.9 Å². The number of amides is 1. The van der Waals surface area contributed by atoms with Crippen LogP contribution in [-0.4, -0.2) is 69.4 Å². The zero-order valence-corrected chi connectivity index (χ0v) is 18.5. The van der Waals surface area contributed by atoms with Gasteiger partial charge in [0, 0.05) is 20.1 Å². The summed E-state index contributed by atoms with van der Waals surface area (Å²) < 4.78 is 36.9. The SMILES string of the molecule is CCOC(=O)C1CCN(C(=O)CN(C)S(=O)(=O)c2ccc(OCC)c(Cl)c2)CC1. The number of carbonyl (C=O) groups excluding carboxylic acids is 2. The maximum Gasteiger partial charge on any atom is 0.309 e. The number of hydrogen-bond acceptors (Lipinski definition) is 6.